The summed E-state index contributed by atoms with van der Waals surface area (Å²) in [7, 11) is 0. The molecule has 0 spiro atoms. The molecule has 15 heavy (non-hydrogen) atoms. The molecule has 2 nitrogen and oxygen atoms in total. The summed E-state index contributed by atoms with van der Waals surface area (Å²) in [5.74, 6) is 0.822. The summed E-state index contributed by atoms with van der Waals surface area (Å²) in [5, 5.41) is 3.53. The number of hydrogen-bond acceptors (Lipinski definition) is 2. The minimum atomic E-state index is 0.554. The van der Waals surface area contributed by atoms with E-state index in [2.05, 4.69) is 37.9 Å². The summed E-state index contributed by atoms with van der Waals surface area (Å²) in [4.78, 5) is 2.59. The molecule has 1 aliphatic heterocycles. The number of hydrogen-bond donors (Lipinski definition) is 1. The van der Waals surface area contributed by atoms with E-state index >= 15 is 0 Å². The maximum atomic E-state index is 3.53. The van der Waals surface area contributed by atoms with Crippen LogP contribution in [0.5, 0.6) is 0 Å². The van der Waals surface area contributed by atoms with E-state index in [1.165, 1.54) is 39.0 Å². The predicted molar refractivity (Wildman–Crippen MR) is 67.2 cm³/mol. The minimum absolute atomic E-state index is 0.554. The SMILES string of the molecule is CC(C)CCNCCN1CCC(C)(C)C1. The molecule has 1 rings (SSSR count). The molecule has 1 heterocycles. The zero-order valence-corrected chi connectivity index (χ0v) is 11.0. The van der Waals surface area contributed by atoms with E-state index < -0.39 is 0 Å². The first kappa shape index (κ1) is 13.0. The Bertz CT molecular complexity index is 175. The molecule has 2 heteroatoms. The second-order valence-corrected chi connectivity index (χ2v) is 6.12. The van der Waals surface area contributed by atoms with Gasteiger partial charge in [0.15, 0.2) is 0 Å². The van der Waals surface area contributed by atoms with Crippen molar-refractivity contribution in [3.63, 3.8) is 0 Å². The third kappa shape index (κ3) is 5.53. The maximum absolute atomic E-state index is 3.53. The Balaban J connectivity index is 1.97. The molecule has 1 saturated heterocycles. The minimum Gasteiger partial charge on any atom is -0.315 e. The van der Waals surface area contributed by atoms with Crippen molar-refractivity contribution in [3.8, 4) is 0 Å². The predicted octanol–water partition coefficient (Wildman–Crippen LogP) is 2.35. The lowest BCUT2D eigenvalue weighted by molar-refractivity contribution is 0.289. The van der Waals surface area contributed by atoms with Gasteiger partial charge in [-0.25, -0.2) is 0 Å². The molecular formula is C13H28N2. The van der Waals surface area contributed by atoms with Crippen LogP contribution in [0.15, 0.2) is 0 Å². The van der Waals surface area contributed by atoms with Gasteiger partial charge in [0.2, 0.25) is 0 Å². The molecule has 0 aromatic carbocycles. The van der Waals surface area contributed by atoms with Crippen molar-refractivity contribution in [3.05, 3.63) is 0 Å². The highest BCUT2D eigenvalue weighted by atomic mass is 15.2. The topological polar surface area (TPSA) is 15.3 Å². The monoisotopic (exact) mass is 212 g/mol. The first-order chi connectivity index (χ1) is 6.99. The molecule has 0 radical (unpaired) electrons. The van der Waals surface area contributed by atoms with Crippen molar-refractivity contribution in [2.24, 2.45) is 11.3 Å². The van der Waals surface area contributed by atoms with Crippen LogP contribution in [0.1, 0.15) is 40.5 Å². The molecule has 0 aliphatic carbocycles. The van der Waals surface area contributed by atoms with E-state index in [4.69, 9.17) is 0 Å². The highest BCUT2D eigenvalue weighted by Gasteiger charge is 2.28. The summed E-state index contributed by atoms with van der Waals surface area (Å²) >= 11 is 0. The molecule has 0 bridgehead atoms. The fraction of sp³-hybridized carbons (Fsp3) is 1.00. The molecule has 0 amide bonds. The Morgan fingerprint density at radius 1 is 1.27 bits per heavy atom. The lowest BCUT2D eigenvalue weighted by Crippen LogP contribution is -2.32. The molecule has 0 saturated carbocycles. The van der Waals surface area contributed by atoms with E-state index in [-0.39, 0.29) is 0 Å². The maximum Gasteiger partial charge on any atom is 0.0107 e. The quantitative estimate of drug-likeness (QED) is 0.680. The van der Waals surface area contributed by atoms with Gasteiger partial charge in [-0.05, 0) is 37.3 Å². The first-order valence-electron chi connectivity index (χ1n) is 6.43. The summed E-state index contributed by atoms with van der Waals surface area (Å²) < 4.78 is 0. The van der Waals surface area contributed by atoms with Crippen molar-refractivity contribution in [2.45, 2.75) is 40.5 Å². The summed E-state index contributed by atoms with van der Waals surface area (Å²) in [6, 6.07) is 0. The smallest absolute Gasteiger partial charge is 0.0107 e. The van der Waals surface area contributed by atoms with E-state index in [0.717, 1.165) is 12.5 Å². The van der Waals surface area contributed by atoms with E-state index in [0.29, 0.717) is 5.41 Å². The van der Waals surface area contributed by atoms with Gasteiger partial charge in [-0.2, -0.15) is 0 Å². The van der Waals surface area contributed by atoms with Gasteiger partial charge in [0, 0.05) is 19.6 Å². The van der Waals surface area contributed by atoms with Gasteiger partial charge >= 0.3 is 0 Å². The average molecular weight is 212 g/mol. The molecule has 0 atom stereocenters. The lowest BCUT2D eigenvalue weighted by atomic mass is 9.93. The number of nitrogens with zero attached hydrogens (tertiary/aromatic N) is 1. The Hall–Kier alpha value is -0.0800. The average Bonchev–Trinajstić information content (AvgIpc) is 2.44. The zero-order chi connectivity index (χ0) is 11.3. The van der Waals surface area contributed by atoms with E-state index in [9.17, 15) is 0 Å². The zero-order valence-electron chi connectivity index (χ0n) is 11.0. The van der Waals surface area contributed by atoms with Crippen molar-refractivity contribution < 1.29 is 0 Å². The van der Waals surface area contributed by atoms with Crippen LogP contribution in [-0.2, 0) is 0 Å². The van der Waals surface area contributed by atoms with E-state index in [1.54, 1.807) is 0 Å². The van der Waals surface area contributed by atoms with Crippen LogP contribution in [0.25, 0.3) is 0 Å². The molecule has 1 fully saturated rings. The third-order valence-corrected chi connectivity index (χ3v) is 3.26. The van der Waals surface area contributed by atoms with Crippen LogP contribution < -0.4 is 5.32 Å². The normalized spacial score (nSPS) is 21.4. The number of nitrogens with one attached hydrogen (secondary N) is 1. The van der Waals surface area contributed by atoms with Crippen molar-refractivity contribution in [1.29, 1.82) is 0 Å². The Morgan fingerprint density at radius 3 is 2.53 bits per heavy atom. The largest absolute Gasteiger partial charge is 0.315 e. The highest BCUT2D eigenvalue weighted by molar-refractivity contribution is 4.82. The summed E-state index contributed by atoms with van der Waals surface area (Å²) in [6.45, 7) is 15.4. The molecular weight excluding hydrogens is 184 g/mol. The second-order valence-electron chi connectivity index (χ2n) is 6.12. The molecule has 1 N–H and O–H groups in total. The molecule has 0 aromatic rings. The van der Waals surface area contributed by atoms with Gasteiger partial charge in [0.25, 0.3) is 0 Å². The van der Waals surface area contributed by atoms with Gasteiger partial charge in [-0.3, -0.25) is 0 Å². The van der Waals surface area contributed by atoms with Gasteiger partial charge in [0.1, 0.15) is 0 Å². The summed E-state index contributed by atoms with van der Waals surface area (Å²) in [6.07, 6.45) is 2.66. The Morgan fingerprint density at radius 2 is 2.00 bits per heavy atom. The number of rotatable bonds is 6. The Labute approximate surface area is 95.4 Å². The Kier molecular flexibility index (Phi) is 5.07. The second kappa shape index (κ2) is 5.86. The van der Waals surface area contributed by atoms with Crippen LogP contribution in [0.4, 0.5) is 0 Å². The molecule has 90 valence electrons. The van der Waals surface area contributed by atoms with Crippen LogP contribution in [-0.4, -0.2) is 37.6 Å². The molecule has 0 aromatic heterocycles. The molecule has 1 aliphatic rings. The third-order valence-electron chi connectivity index (χ3n) is 3.26. The van der Waals surface area contributed by atoms with Crippen LogP contribution in [0, 0.1) is 11.3 Å². The lowest BCUT2D eigenvalue weighted by Gasteiger charge is -2.19. The van der Waals surface area contributed by atoms with Crippen LogP contribution in [0.3, 0.4) is 0 Å². The molecule has 0 unspecified atom stereocenters. The van der Waals surface area contributed by atoms with Crippen molar-refractivity contribution >= 4 is 0 Å². The van der Waals surface area contributed by atoms with Crippen LogP contribution in [0.2, 0.25) is 0 Å². The first-order valence-corrected chi connectivity index (χ1v) is 6.43. The van der Waals surface area contributed by atoms with Crippen molar-refractivity contribution in [2.75, 3.05) is 32.7 Å². The van der Waals surface area contributed by atoms with Gasteiger partial charge in [0.05, 0.1) is 0 Å². The van der Waals surface area contributed by atoms with Gasteiger partial charge in [-0.15, -0.1) is 0 Å². The van der Waals surface area contributed by atoms with Gasteiger partial charge in [-0.1, -0.05) is 27.7 Å². The van der Waals surface area contributed by atoms with E-state index in [1.807, 2.05) is 0 Å². The number of likely N-dealkylation sites (tertiary alicyclic amines) is 1. The van der Waals surface area contributed by atoms with Crippen LogP contribution >= 0.6 is 0 Å². The highest BCUT2D eigenvalue weighted by Crippen LogP contribution is 2.28. The van der Waals surface area contributed by atoms with Gasteiger partial charge < -0.3 is 10.2 Å². The fourth-order valence-corrected chi connectivity index (χ4v) is 2.17. The van der Waals surface area contributed by atoms with Crippen molar-refractivity contribution in [1.82, 2.24) is 10.2 Å². The summed E-state index contributed by atoms with van der Waals surface area (Å²) in [5.41, 5.74) is 0.554. The standard InChI is InChI=1S/C13H28N2/c1-12(2)5-7-14-8-10-15-9-6-13(3,4)11-15/h12,14H,5-11H2,1-4H3. The fourth-order valence-electron chi connectivity index (χ4n) is 2.17.